The van der Waals surface area contributed by atoms with Gasteiger partial charge in [-0.2, -0.15) is 4.39 Å². The molecule has 0 aliphatic rings. The first kappa shape index (κ1) is 7.34. The van der Waals surface area contributed by atoms with E-state index in [2.05, 4.69) is 4.99 Å². The Labute approximate surface area is 48.9 Å². The van der Waals surface area contributed by atoms with E-state index in [9.17, 15) is 4.39 Å². The first-order valence-electron chi connectivity index (χ1n) is 2.46. The molecule has 0 aromatic carbocycles. The predicted molar refractivity (Wildman–Crippen MR) is 33.6 cm³/mol. The minimum absolute atomic E-state index is 0.397. The highest BCUT2D eigenvalue weighted by Gasteiger charge is 1.76. The van der Waals surface area contributed by atoms with E-state index in [4.69, 9.17) is 0 Å². The normalized spacial score (nSPS) is 11.2. The van der Waals surface area contributed by atoms with Gasteiger partial charge in [-0.15, -0.1) is 0 Å². The topological polar surface area (TPSA) is 12.4 Å². The van der Waals surface area contributed by atoms with E-state index in [-0.39, 0.29) is 0 Å². The Balaban J connectivity index is 3.76. The molecule has 46 valence electrons. The van der Waals surface area contributed by atoms with E-state index in [1.165, 1.54) is 13.1 Å². The molecule has 0 radical (unpaired) electrons. The van der Waals surface area contributed by atoms with Crippen LogP contribution in [0.25, 0.3) is 0 Å². The molecule has 2 heteroatoms. The third-order valence-corrected chi connectivity index (χ3v) is 0.501. The second-order valence-corrected chi connectivity index (χ2v) is 1.83. The number of hydrogen-bond acceptors (Lipinski definition) is 1. The van der Waals surface area contributed by atoms with Crippen molar-refractivity contribution in [1.29, 1.82) is 0 Å². The molecule has 0 fully saturated rings. The minimum Gasteiger partial charge on any atom is -0.232 e. The quantitative estimate of drug-likeness (QED) is 0.465. The van der Waals surface area contributed by atoms with E-state index >= 15 is 0 Å². The van der Waals surface area contributed by atoms with Crippen molar-refractivity contribution >= 4 is 5.97 Å². The molecule has 0 aromatic rings. The Morgan fingerprint density at radius 2 is 1.88 bits per heavy atom. The molecule has 0 rings (SSSR count). The van der Waals surface area contributed by atoms with Crippen LogP contribution in [0.5, 0.6) is 0 Å². The highest BCUT2D eigenvalue weighted by molar-refractivity contribution is 5.72. The maximum absolute atomic E-state index is 11.8. The molecule has 1 nitrogen and oxygen atoms in total. The van der Waals surface area contributed by atoms with Gasteiger partial charge >= 0.3 is 0 Å². The lowest BCUT2D eigenvalue weighted by molar-refractivity contribution is 0.797. The van der Waals surface area contributed by atoms with Crippen LogP contribution in [0.4, 0.5) is 4.39 Å². The summed E-state index contributed by atoms with van der Waals surface area (Å²) in [5.74, 6) is -0.397. The van der Waals surface area contributed by atoms with Gasteiger partial charge in [0.05, 0.1) is 0 Å². The predicted octanol–water partition coefficient (Wildman–Crippen LogP) is 2.30. The van der Waals surface area contributed by atoms with Crippen LogP contribution in [-0.2, 0) is 0 Å². The van der Waals surface area contributed by atoms with Gasteiger partial charge < -0.3 is 0 Å². The monoisotopic (exact) mass is 115 g/mol. The summed E-state index contributed by atoms with van der Waals surface area (Å²) in [7, 11) is 0. The Kier molecular flexibility index (Phi) is 3.08. The zero-order valence-electron chi connectivity index (χ0n) is 5.40. The van der Waals surface area contributed by atoms with Gasteiger partial charge in [-0.3, -0.25) is 0 Å². The SMILES string of the molecule is CC(C)=C/N=C(\C)F. The smallest absolute Gasteiger partial charge is 0.185 e. The van der Waals surface area contributed by atoms with E-state index in [0.29, 0.717) is 0 Å². The van der Waals surface area contributed by atoms with Gasteiger partial charge in [0, 0.05) is 13.1 Å². The molecule has 0 amide bonds. The number of hydrogen-bond donors (Lipinski definition) is 0. The third kappa shape index (κ3) is 5.34. The second kappa shape index (κ2) is 3.36. The summed E-state index contributed by atoms with van der Waals surface area (Å²) in [5, 5.41) is 0. The average molecular weight is 115 g/mol. The van der Waals surface area contributed by atoms with Crippen molar-refractivity contribution in [3.05, 3.63) is 11.8 Å². The van der Waals surface area contributed by atoms with Crippen molar-refractivity contribution in [2.75, 3.05) is 0 Å². The number of nitrogens with zero attached hydrogens (tertiary/aromatic N) is 1. The van der Waals surface area contributed by atoms with E-state index in [0.717, 1.165) is 5.57 Å². The average Bonchev–Trinajstić information content (AvgIpc) is 1.61. The van der Waals surface area contributed by atoms with Crippen molar-refractivity contribution < 1.29 is 4.39 Å². The van der Waals surface area contributed by atoms with Gasteiger partial charge in [0.1, 0.15) is 0 Å². The van der Waals surface area contributed by atoms with Crippen molar-refractivity contribution in [3.63, 3.8) is 0 Å². The molecule has 0 aromatic heterocycles. The maximum atomic E-state index is 11.8. The van der Waals surface area contributed by atoms with E-state index < -0.39 is 5.97 Å². The Hall–Kier alpha value is -0.660. The number of aliphatic imine (C=N–C) groups is 1. The lowest BCUT2D eigenvalue weighted by Crippen LogP contribution is -1.72. The standard InChI is InChI=1S/C6H10FN/c1-5(2)4-8-6(3)7/h4H,1-3H3/b8-6+. The molecule has 0 unspecified atom stereocenters. The molecule has 0 saturated carbocycles. The van der Waals surface area contributed by atoms with Crippen LogP contribution in [0.2, 0.25) is 0 Å². The maximum Gasteiger partial charge on any atom is 0.185 e. The van der Waals surface area contributed by atoms with E-state index in [1.807, 2.05) is 13.8 Å². The zero-order valence-corrected chi connectivity index (χ0v) is 5.40. The summed E-state index contributed by atoms with van der Waals surface area (Å²) in [6.45, 7) is 5.05. The summed E-state index contributed by atoms with van der Waals surface area (Å²) in [4.78, 5) is 3.41. The minimum atomic E-state index is -0.397. The molecule has 0 saturated heterocycles. The number of allylic oxidation sites excluding steroid dienone is 1. The van der Waals surface area contributed by atoms with Gasteiger partial charge in [-0.05, 0) is 13.8 Å². The van der Waals surface area contributed by atoms with Crippen molar-refractivity contribution in [1.82, 2.24) is 0 Å². The molecule has 0 aliphatic carbocycles. The largest absolute Gasteiger partial charge is 0.232 e. The molecule has 0 heterocycles. The van der Waals surface area contributed by atoms with Gasteiger partial charge in [-0.25, -0.2) is 4.99 Å². The molecule has 8 heavy (non-hydrogen) atoms. The van der Waals surface area contributed by atoms with Gasteiger partial charge in [0.15, 0.2) is 5.97 Å². The second-order valence-electron chi connectivity index (χ2n) is 1.83. The number of rotatable bonds is 1. The first-order valence-corrected chi connectivity index (χ1v) is 2.46. The fourth-order valence-electron chi connectivity index (χ4n) is 0.218. The van der Waals surface area contributed by atoms with Crippen molar-refractivity contribution in [2.24, 2.45) is 4.99 Å². The highest BCUT2D eigenvalue weighted by atomic mass is 19.1. The number of halogens is 1. The lowest BCUT2D eigenvalue weighted by atomic mass is 10.4. The van der Waals surface area contributed by atoms with Crippen molar-refractivity contribution in [2.45, 2.75) is 20.8 Å². The molecule has 0 bridgehead atoms. The molecular weight excluding hydrogens is 105 g/mol. The first-order chi connectivity index (χ1) is 3.63. The van der Waals surface area contributed by atoms with E-state index in [1.54, 1.807) is 0 Å². The Morgan fingerprint density at radius 1 is 1.38 bits per heavy atom. The third-order valence-electron chi connectivity index (χ3n) is 0.501. The Morgan fingerprint density at radius 3 is 2.00 bits per heavy atom. The summed E-state index contributed by atoms with van der Waals surface area (Å²) >= 11 is 0. The lowest BCUT2D eigenvalue weighted by Gasteiger charge is -1.81. The molecular formula is C6H10FN. The zero-order chi connectivity index (χ0) is 6.57. The van der Waals surface area contributed by atoms with Gasteiger partial charge in [0.25, 0.3) is 0 Å². The fourth-order valence-corrected chi connectivity index (χ4v) is 0.218. The summed E-state index contributed by atoms with van der Waals surface area (Å²) in [6, 6.07) is 0. The summed E-state index contributed by atoms with van der Waals surface area (Å²) in [6.07, 6.45) is 1.50. The van der Waals surface area contributed by atoms with Crippen LogP contribution in [0.1, 0.15) is 20.8 Å². The molecule has 0 spiro atoms. The van der Waals surface area contributed by atoms with Crippen LogP contribution in [0, 0.1) is 0 Å². The fraction of sp³-hybridized carbons (Fsp3) is 0.500. The van der Waals surface area contributed by atoms with Crippen LogP contribution < -0.4 is 0 Å². The van der Waals surface area contributed by atoms with Crippen LogP contribution in [-0.4, -0.2) is 5.97 Å². The van der Waals surface area contributed by atoms with Crippen LogP contribution in [0.15, 0.2) is 16.8 Å². The molecule has 0 aliphatic heterocycles. The van der Waals surface area contributed by atoms with Gasteiger partial charge in [-0.1, -0.05) is 5.57 Å². The summed E-state index contributed by atoms with van der Waals surface area (Å²) < 4.78 is 11.8. The van der Waals surface area contributed by atoms with Crippen molar-refractivity contribution in [3.8, 4) is 0 Å². The highest BCUT2D eigenvalue weighted by Crippen LogP contribution is 1.89. The molecule has 0 N–H and O–H groups in total. The van der Waals surface area contributed by atoms with Crippen LogP contribution >= 0.6 is 0 Å². The Bertz CT molecular complexity index is 100. The van der Waals surface area contributed by atoms with Gasteiger partial charge in [0.2, 0.25) is 0 Å². The van der Waals surface area contributed by atoms with Crippen LogP contribution in [0.3, 0.4) is 0 Å². The molecule has 0 atom stereocenters. The summed E-state index contributed by atoms with van der Waals surface area (Å²) in [5.41, 5.74) is 1.00.